The highest BCUT2D eigenvalue weighted by Gasteiger charge is 2.32. The van der Waals surface area contributed by atoms with E-state index in [9.17, 15) is 14.7 Å². The molecule has 8 heteroatoms. The number of amides is 1. The lowest BCUT2D eigenvalue weighted by Gasteiger charge is -2.28. The van der Waals surface area contributed by atoms with Crippen molar-refractivity contribution in [2.45, 2.75) is 58.7 Å². The van der Waals surface area contributed by atoms with Gasteiger partial charge in [0, 0.05) is 69.1 Å². The number of carbonyl (C=O) groups excluding carboxylic acids is 1. The van der Waals surface area contributed by atoms with Crippen molar-refractivity contribution < 1.29 is 14.7 Å². The minimum Gasteiger partial charge on any atom is -0.476 e. The van der Waals surface area contributed by atoms with Crippen molar-refractivity contribution in [3.8, 4) is 0 Å². The predicted octanol–water partition coefficient (Wildman–Crippen LogP) is 1.73. The highest BCUT2D eigenvalue weighted by molar-refractivity contribution is 5.88. The number of carboxylic acid groups (broad SMARTS) is 1. The van der Waals surface area contributed by atoms with Crippen LogP contribution in [-0.4, -0.2) is 47.8 Å². The Morgan fingerprint density at radius 2 is 2.15 bits per heavy atom. The van der Waals surface area contributed by atoms with Crippen LogP contribution in [0.4, 0.5) is 0 Å². The fourth-order valence-corrected chi connectivity index (χ4v) is 3.80. The average Bonchev–Trinajstić information content (AvgIpc) is 3.24. The largest absolute Gasteiger partial charge is 0.476 e. The van der Waals surface area contributed by atoms with Crippen LogP contribution < -0.4 is 0 Å². The number of fused-ring (bicyclic) bond motifs is 1. The average molecular weight is 371 g/mol. The van der Waals surface area contributed by atoms with E-state index in [1.807, 2.05) is 22.4 Å². The molecular weight excluding hydrogens is 346 g/mol. The van der Waals surface area contributed by atoms with Gasteiger partial charge in [-0.25, -0.2) is 9.78 Å². The number of aromatic nitrogens is 4. The van der Waals surface area contributed by atoms with Crippen molar-refractivity contribution in [2.24, 2.45) is 5.92 Å². The van der Waals surface area contributed by atoms with Crippen molar-refractivity contribution in [2.75, 3.05) is 6.54 Å². The van der Waals surface area contributed by atoms with Gasteiger partial charge in [-0.1, -0.05) is 6.92 Å². The van der Waals surface area contributed by atoms with Crippen molar-refractivity contribution in [1.29, 1.82) is 0 Å². The predicted molar refractivity (Wildman–Crippen MR) is 97.3 cm³/mol. The molecule has 1 amide bonds. The number of rotatable bonds is 7. The van der Waals surface area contributed by atoms with Gasteiger partial charge in [0.25, 0.3) is 0 Å². The smallest absolute Gasteiger partial charge is 0.356 e. The van der Waals surface area contributed by atoms with Crippen LogP contribution in [0.25, 0.3) is 0 Å². The van der Waals surface area contributed by atoms with Gasteiger partial charge in [0.05, 0.1) is 0 Å². The Morgan fingerprint density at radius 1 is 1.33 bits per heavy atom. The first-order valence-corrected chi connectivity index (χ1v) is 9.66. The number of imidazole rings is 1. The summed E-state index contributed by atoms with van der Waals surface area (Å²) in [6, 6.07) is 0. The SMILES string of the molecule is CCc1nccn1CCC(=O)N1CCc2c(c(C(=O)O)nn2CC2CC2)C1. The second-order valence-electron chi connectivity index (χ2n) is 7.41. The molecule has 1 aliphatic heterocycles. The maximum absolute atomic E-state index is 12.7. The van der Waals surface area contributed by atoms with Gasteiger partial charge in [-0.3, -0.25) is 9.48 Å². The molecule has 27 heavy (non-hydrogen) atoms. The molecule has 0 saturated heterocycles. The molecule has 1 fully saturated rings. The van der Waals surface area contributed by atoms with Crippen LogP contribution in [0.2, 0.25) is 0 Å². The zero-order chi connectivity index (χ0) is 19.0. The summed E-state index contributed by atoms with van der Waals surface area (Å²) in [5, 5.41) is 13.9. The molecule has 0 unspecified atom stereocenters. The van der Waals surface area contributed by atoms with Gasteiger partial charge in [0.15, 0.2) is 5.69 Å². The van der Waals surface area contributed by atoms with E-state index < -0.39 is 5.97 Å². The molecule has 3 heterocycles. The van der Waals surface area contributed by atoms with Crippen LogP contribution >= 0.6 is 0 Å². The minimum atomic E-state index is -1.01. The summed E-state index contributed by atoms with van der Waals surface area (Å²) in [6.45, 7) is 4.39. The topological polar surface area (TPSA) is 93.2 Å². The molecule has 1 aliphatic carbocycles. The molecule has 4 rings (SSSR count). The summed E-state index contributed by atoms with van der Waals surface area (Å²) >= 11 is 0. The lowest BCUT2D eigenvalue weighted by Crippen LogP contribution is -2.37. The summed E-state index contributed by atoms with van der Waals surface area (Å²) < 4.78 is 3.88. The minimum absolute atomic E-state index is 0.0442. The van der Waals surface area contributed by atoms with Crippen LogP contribution in [0.15, 0.2) is 12.4 Å². The first-order valence-electron chi connectivity index (χ1n) is 9.66. The number of aromatic carboxylic acids is 1. The lowest BCUT2D eigenvalue weighted by atomic mass is 10.0. The Balaban J connectivity index is 1.46. The Labute approximate surface area is 157 Å². The van der Waals surface area contributed by atoms with E-state index in [1.165, 1.54) is 12.8 Å². The maximum atomic E-state index is 12.7. The third kappa shape index (κ3) is 3.61. The Bertz CT molecular complexity index is 865. The van der Waals surface area contributed by atoms with Crippen molar-refractivity contribution >= 4 is 11.9 Å². The highest BCUT2D eigenvalue weighted by atomic mass is 16.4. The van der Waals surface area contributed by atoms with Crippen LogP contribution in [0.3, 0.4) is 0 Å². The van der Waals surface area contributed by atoms with E-state index in [0.717, 1.165) is 24.5 Å². The van der Waals surface area contributed by atoms with E-state index in [2.05, 4.69) is 10.1 Å². The molecule has 2 aromatic rings. The standard InChI is InChI=1S/C19H25N5O3/c1-2-16-20-7-10-22(16)9-6-17(25)23-8-5-15-14(12-23)18(19(26)27)21-24(15)11-13-3-4-13/h7,10,13H,2-6,8-9,11-12H2,1H3,(H,26,27). The molecule has 0 atom stereocenters. The first-order chi connectivity index (χ1) is 13.1. The molecule has 1 saturated carbocycles. The Hall–Kier alpha value is -2.64. The number of carbonyl (C=O) groups is 2. The number of carboxylic acids is 1. The highest BCUT2D eigenvalue weighted by Crippen LogP contribution is 2.32. The molecule has 1 N–H and O–H groups in total. The summed E-state index contributed by atoms with van der Waals surface area (Å²) in [7, 11) is 0. The second kappa shape index (κ2) is 7.17. The van der Waals surface area contributed by atoms with Gasteiger partial charge >= 0.3 is 5.97 Å². The van der Waals surface area contributed by atoms with E-state index in [1.54, 1.807) is 11.1 Å². The monoisotopic (exact) mass is 371 g/mol. The number of hydrogen-bond donors (Lipinski definition) is 1. The lowest BCUT2D eigenvalue weighted by molar-refractivity contribution is -0.132. The van der Waals surface area contributed by atoms with Crippen LogP contribution in [-0.2, 0) is 37.3 Å². The van der Waals surface area contributed by atoms with Gasteiger partial charge in [0.2, 0.25) is 5.91 Å². The van der Waals surface area contributed by atoms with E-state index >= 15 is 0 Å². The second-order valence-corrected chi connectivity index (χ2v) is 7.41. The third-order valence-electron chi connectivity index (χ3n) is 5.50. The van der Waals surface area contributed by atoms with Crippen LogP contribution in [0.1, 0.15) is 53.8 Å². The fourth-order valence-electron chi connectivity index (χ4n) is 3.80. The Morgan fingerprint density at radius 3 is 2.85 bits per heavy atom. The molecule has 2 aromatic heterocycles. The summed E-state index contributed by atoms with van der Waals surface area (Å²) in [6.07, 6.45) is 7.91. The van der Waals surface area contributed by atoms with Gasteiger partial charge in [-0.05, 0) is 18.8 Å². The molecule has 0 radical (unpaired) electrons. The molecule has 0 aromatic carbocycles. The van der Waals surface area contributed by atoms with E-state index in [-0.39, 0.29) is 11.6 Å². The zero-order valence-corrected chi connectivity index (χ0v) is 15.6. The molecule has 8 nitrogen and oxygen atoms in total. The van der Waals surface area contributed by atoms with E-state index in [0.29, 0.717) is 44.0 Å². The quantitative estimate of drug-likeness (QED) is 0.800. The molecule has 0 bridgehead atoms. The molecule has 144 valence electrons. The van der Waals surface area contributed by atoms with Crippen LogP contribution in [0.5, 0.6) is 0 Å². The molecule has 0 spiro atoms. The number of hydrogen-bond acceptors (Lipinski definition) is 4. The summed E-state index contributed by atoms with van der Waals surface area (Å²) in [5.41, 5.74) is 1.80. The van der Waals surface area contributed by atoms with Crippen LogP contribution in [0, 0.1) is 5.92 Å². The summed E-state index contributed by atoms with van der Waals surface area (Å²) in [4.78, 5) is 30.4. The van der Waals surface area contributed by atoms with Gasteiger partial charge in [0.1, 0.15) is 5.82 Å². The van der Waals surface area contributed by atoms with Gasteiger partial charge < -0.3 is 14.6 Å². The third-order valence-corrected chi connectivity index (χ3v) is 5.50. The Kier molecular flexibility index (Phi) is 4.72. The van der Waals surface area contributed by atoms with Gasteiger partial charge in [-0.2, -0.15) is 5.10 Å². The zero-order valence-electron chi connectivity index (χ0n) is 15.6. The maximum Gasteiger partial charge on any atom is 0.356 e. The molecular formula is C19H25N5O3. The van der Waals surface area contributed by atoms with E-state index in [4.69, 9.17) is 0 Å². The first kappa shape index (κ1) is 17.8. The normalized spacial score (nSPS) is 16.4. The number of aryl methyl sites for hydroxylation is 2. The number of nitrogens with zero attached hydrogens (tertiary/aromatic N) is 5. The van der Waals surface area contributed by atoms with Crippen molar-refractivity contribution in [3.05, 3.63) is 35.2 Å². The summed E-state index contributed by atoms with van der Waals surface area (Å²) in [5.74, 6) is 0.625. The van der Waals surface area contributed by atoms with Gasteiger partial charge in [-0.15, -0.1) is 0 Å². The van der Waals surface area contributed by atoms with Crippen molar-refractivity contribution in [1.82, 2.24) is 24.2 Å². The fraction of sp³-hybridized carbons (Fsp3) is 0.579. The van der Waals surface area contributed by atoms with Crippen molar-refractivity contribution in [3.63, 3.8) is 0 Å². The molecule has 2 aliphatic rings.